The molecule has 5 heteroatoms. The molecule has 0 amide bonds. The van der Waals surface area contributed by atoms with Crippen LogP contribution in [0.25, 0.3) is 0 Å². The third-order valence-corrected chi connectivity index (χ3v) is 4.45. The number of nitrogens with one attached hydrogen (secondary N) is 1. The van der Waals surface area contributed by atoms with Gasteiger partial charge in [0.05, 0.1) is 11.1 Å². The highest BCUT2D eigenvalue weighted by molar-refractivity contribution is 9.10. The third kappa shape index (κ3) is 3.96. The fourth-order valence-electron chi connectivity index (χ4n) is 1.79. The molecule has 2 rings (SSSR count). The van der Waals surface area contributed by atoms with Crippen LogP contribution < -0.4 is 11.1 Å². The first kappa shape index (κ1) is 14.9. The first-order chi connectivity index (χ1) is 9.10. The second-order valence-corrected chi connectivity index (χ2v) is 6.29. The van der Waals surface area contributed by atoms with Crippen molar-refractivity contribution in [2.75, 3.05) is 11.9 Å². The van der Waals surface area contributed by atoms with Crippen LogP contribution in [0.4, 0.5) is 5.69 Å². The number of halogens is 3. The van der Waals surface area contributed by atoms with E-state index in [4.69, 9.17) is 17.3 Å². The monoisotopic (exact) mass is 402 g/mol. The zero-order valence-electron chi connectivity index (χ0n) is 10.0. The first-order valence-corrected chi connectivity index (χ1v) is 7.73. The van der Waals surface area contributed by atoms with E-state index in [-0.39, 0.29) is 6.04 Å². The molecule has 0 fully saturated rings. The van der Waals surface area contributed by atoms with Gasteiger partial charge in [0.1, 0.15) is 0 Å². The Kier molecular flexibility index (Phi) is 5.28. The molecule has 0 radical (unpaired) electrons. The predicted molar refractivity (Wildman–Crippen MR) is 88.7 cm³/mol. The molecule has 1 atom stereocenters. The molecule has 2 nitrogen and oxygen atoms in total. The molecule has 0 aliphatic rings. The lowest BCUT2D eigenvalue weighted by atomic mass is 10.1. The molecule has 0 heterocycles. The summed E-state index contributed by atoms with van der Waals surface area (Å²) < 4.78 is 1.91. The van der Waals surface area contributed by atoms with Gasteiger partial charge >= 0.3 is 0 Å². The van der Waals surface area contributed by atoms with E-state index in [0.717, 1.165) is 20.2 Å². The molecular formula is C14H13Br2ClN2. The Morgan fingerprint density at radius 1 is 1.16 bits per heavy atom. The van der Waals surface area contributed by atoms with Crippen molar-refractivity contribution >= 4 is 49.1 Å². The molecule has 0 saturated carbocycles. The van der Waals surface area contributed by atoms with Crippen LogP contribution in [-0.4, -0.2) is 6.54 Å². The highest BCUT2D eigenvalue weighted by Crippen LogP contribution is 2.28. The molecule has 0 spiro atoms. The average Bonchev–Trinajstić information content (AvgIpc) is 2.39. The molecule has 0 aliphatic heterocycles. The van der Waals surface area contributed by atoms with Gasteiger partial charge in [0.15, 0.2) is 0 Å². The average molecular weight is 405 g/mol. The Hall–Kier alpha value is -0.550. The van der Waals surface area contributed by atoms with Gasteiger partial charge in [-0.2, -0.15) is 0 Å². The highest BCUT2D eigenvalue weighted by atomic mass is 79.9. The minimum atomic E-state index is 0.0443. The first-order valence-electron chi connectivity index (χ1n) is 5.77. The van der Waals surface area contributed by atoms with Crippen LogP contribution in [0.2, 0.25) is 5.02 Å². The molecule has 19 heavy (non-hydrogen) atoms. The van der Waals surface area contributed by atoms with Crippen LogP contribution in [0.5, 0.6) is 0 Å². The van der Waals surface area contributed by atoms with Crippen LogP contribution in [0.1, 0.15) is 11.6 Å². The van der Waals surface area contributed by atoms with Gasteiger partial charge in [-0.25, -0.2) is 0 Å². The molecule has 3 N–H and O–H groups in total. The lowest BCUT2D eigenvalue weighted by Crippen LogP contribution is -2.20. The number of nitrogens with two attached hydrogens (primary N) is 1. The maximum Gasteiger partial charge on any atom is 0.0636 e. The third-order valence-electron chi connectivity index (χ3n) is 2.75. The Labute approximate surface area is 134 Å². The Bertz CT molecular complexity index is 575. The summed E-state index contributed by atoms with van der Waals surface area (Å²) >= 11 is 12.9. The Morgan fingerprint density at radius 2 is 1.95 bits per heavy atom. The van der Waals surface area contributed by atoms with Crippen molar-refractivity contribution in [3.8, 4) is 0 Å². The van der Waals surface area contributed by atoms with E-state index in [2.05, 4.69) is 37.2 Å². The van der Waals surface area contributed by atoms with E-state index >= 15 is 0 Å². The van der Waals surface area contributed by atoms with E-state index < -0.39 is 0 Å². The van der Waals surface area contributed by atoms with Crippen LogP contribution in [-0.2, 0) is 0 Å². The highest BCUT2D eigenvalue weighted by Gasteiger charge is 2.11. The zero-order valence-corrected chi connectivity index (χ0v) is 14.0. The summed E-state index contributed by atoms with van der Waals surface area (Å²) in [5.41, 5.74) is 7.98. The summed E-state index contributed by atoms with van der Waals surface area (Å²) in [7, 11) is 0. The summed E-state index contributed by atoms with van der Waals surface area (Å²) in [6.07, 6.45) is 0. The minimum Gasteiger partial charge on any atom is -0.377 e. The normalized spacial score (nSPS) is 12.2. The summed E-state index contributed by atoms with van der Waals surface area (Å²) in [4.78, 5) is 0. The van der Waals surface area contributed by atoms with Gasteiger partial charge in [0, 0.05) is 21.2 Å². The van der Waals surface area contributed by atoms with E-state index in [0.29, 0.717) is 11.6 Å². The summed E-state index contributed by atoms with van der Waals surface area (Å²) in [5, 5.41) is 4.11. The second-order valence-electron chi connectivity index (χ2n) is 4.12. The molecule has 2 aromatic carbocycles. The molecular weight excluding hydrogens is 391 g/mol. The van der Waals surface area contributed by atoms with Crippen molar-refractivity contribution in [2.45, 2.75) is 6.04 Å². The molecule has 0 bridgehead atoms. The molecule has 1 unspecified atom stereocenters. The topological polar surface area (TPSA) is 38.0 Å². The number of anilines is 1. The standard InChI is InChI=1S/C14H13Br2ClN2/c15-10-2-1-3-11(7-10)19-14(8-18)9-4-5-13(17)12(16)6-9/h1-7,14,19H,8,18H2. The van der Waals surface area contributed by atoms with E-state index in [1.165, 1.54) is 0 Å². The number of hydrogen-bond donors (Lipinski definition) is 2. The van der Waals surface area contributed by atoms with E-state index in [9.17, 15) is 0 Å². The van der Waals surface area contributed by atoms with E-state index in [1.54, 1.807) is 0 Å². The van der Waals surface area contributed by atoms with Crippen LogP contribution in [0.3, 0.4) is 0 Å². The minimum absolute atomic E-state index is 0.0443. The fourth-order valence-corrected chi connectivity index (χ4v) is 2.70. The van der Waals surface area contributed by atoms with Gasteiger partial charge in [0.25, 0.3) is 0 Å². The largest absolute Gasteiger partial charge is 0.377 e. The zero-order chi connectivity index (χ0) is 13.8. The molecule has 0 saturated heterocycles. The van der Waals surface area contributed by atoms with Gasteiger partial charge in [-0.3, -0.25) is 0 Å². The number of benzene rings is 2. The van der Waals surface area contributed by atoms with Gasteiger partial charge in [-0.15, -0.1) is 0 Å². The Balaban J connectivity index is 2.22. The van der Waals surface area contributed by atoms with Gasteiger partial charge < -0.3 is 11.1 Å². The summed E-state index contributed by atoms with van der Waals surface area (Å²) in [5.74, 6) is 0. The SMILES string of the molecule is NCC(Nc1cccc(Br)c1)c1ccc(Cl)c(Br)c1. The lowest BCUT2D eigenvalue weighted by Gasteiger charge is -2.19. The fraction of sp³-hybridized carbons (Fsp3) is 0.143. The molecule has 2 aromatic rings. The predicted octanol–water partition coefficient (Wildman–Crippen LogP) is 4.98. The van der Waals surface area contributed by atoms with Crippen molar-refractivity contribution in [1.29, 1.82) is 0 Å². The van der Waals surface area contributed by atoms with Crippen molar-refractivity contribution in [3.05, 3.63) is 62.0 Å². The molecule has 0 aromatic heterocycles. The molecule has 100 valence electrons. The number of hydrogen-bond acceptors (Lipinski definition) is 2. The van der Waals surface area contributed by atoms with Crippen molar-refractivity contribution in [1.82, 2.24) is 0 Å². The van der Waals surface area contributed by atoms with E-state index in [1.807, 2.05) is 42.5 Å². The Morgan fingerprint density at radius 3 is 2.58 bits per heavy atom. The van der Waals surface area contributed by atoms with Crippen molar-refractivity contribution in [2.24, 2.45) is 5.73 Å². The van der Waals surface area contributed by atoms with Crippen LogP contribution >= 0.6 is 43.5 Å². The second kappa shape index (κ2) is 6.75. The smallest absolute Gasteiger partial charge is 0.0636 e. The molecule has 0 aliphatic carbocycles. The van der Waals surface area contributed by atoms with Gasteiger partial charge in [-0.1, -0.05) is 39.7 Å². The summed E-state index contributed by atoms with van der Waals surface area (Å²) in [6.45, 7) is 0.501. The maximum atomic E-state index is 6.00. The number of rotatable bonds is 4. The maximum absolute atomic E-state index is 6.00. The van der Waals surface area contributed by atoms with Crippen molar-refractivity contribution < 1.29 is 0 Å². The van der Waals surface area contributed by atoms with Gasteiger partial charge in [-0.05, 0) is 51.8 Å². The van der Waals surface area contributed by atoms with Crippen LogP contribution in [0, 0.1) is 0 Å². The van der Waals surface area contributed by atoms with Gasteiger partial charge in [0.2, 0.25) is 0 Å². The quantitative estimate of drug-likeness (QED) is 0.754. The van der Waals surface area contributed by atoms with Crippen molar-refractivity contribution in [3.63, 3.8) is 0 Å². The lowest BCUT2D eigenvalue weighted by molar-refractivity contribution is 0.789. The van der Waals surface area contributed by atoms with Crippen LogP contribution in [0.15, 0.2) is 51.4 Å². The summed E-state index contributed by atoms with van der Waals surface area (Å²) in [6, 6.07) is 13.9.